The molecule has 0 bridgehead atoms. The van der Waals surface area contributed by atoms with Crippen LogP contribution in [0.15, 0.2) is 0 Å². The molecule has 0 aromatic carbocycles. The van der Waals surface area contributed by atoms with Crippen LogP contribution in [0.3, 0.4) is 0 Å². The molecule has 0 atom stereocenters. The highest BCUT2D eigenvalue weighted by Gasteiger charge is 2.10. The minimum atomic E-state index is -0.375. The van der Waals surface area contributed by atoms with E-state index < -0.39 is 0 Å². The number of rotatable bonds is 9. The van der Waals surface area contributed by atoms with Crippen molar-refractivity contribution in [1.82, 2.24) is 10.2 Å². The Morgan fingerprint density at radius 3 is 2.38 bits per heavy atom. The molecular formula is C9H20N2O5. The van der Waals surface area contributed by atoms with E-state index in [4.69, 9.17) is 19.7 Å². The zero-order chi connectivity index (χ0) is 12.2. The number of ether oxygens (including phenoxy) is 2. The predicted octanol–water partition coefficient (Wildman–Crippen LogP) is -1.40. The van der Waals surface area contributed by atoms with Crippen LogP contribution in [0.4, 0.5) is 4.79 Å². The highest BCUT2D eigenvalue weighted by Crippen LogP contribution is 1.88. The number of hydrogen-bond donors (Lipinski definition) is 3. The summed E-state index contributed by atoms with van der Waals surface area (Å²) in [6.45, 7) is 1.03. The Labute approximate surface area is 94.9 Å². The topological polar surface area (TPSA) is 91.3 Å². The number of aliphatic hydroxyl groups is 2. The molecule has 0 fully saturated rings. The van der Waals surface area contributed by atoms with Gasteiger partial charge in [0.1, 0.15) is 6.73 Å². The van der Waals surface area contributed by atoms with Crippen molar-refractivity contribution < 1.29 is 24.5 Å². The monoisotopic (exact) mass is 236 g/mol. The average molecular weight is 236 g/mol. The van der Waals surface area contributed by atoms with Crippen molar-refractivity contribution in [3.05, 3.63) is 0 Å². The maximum atomic E-state index is 11.4. The minimum absolute atomic E-state index is 0.0789. The first-order valence-corrected chi connectivity index (χ1v) is 5.07. The molecule has 0 aromatic heterocycles. The van der Waals surface area contributed by atoms with Crippen LogP contribution >= 0.6 is 0 Å². The number of methoxy groups -OCH3 is 1. The van der Waals surface area contributed by atoms with Crippen LogP contribution in [0.1, 0.15) is 0 Å². The second-order valence-electron chi connectivity index (χ2n) is 2.96. The summed E-state index contributed by atoms with van der Waals surface area (Å²) in [5.41, 5.74) is 0. The number of aliphatic hydroxyl groups excluding tert-OH is 2. The number of nitrogens with zero attached hydrogens (tertiary/aromatic N) is 1. The van der Waals surface area contributed by atoms with E-state index in [0.29, 0.717) is 13.2 Å². The molecule has 0 aliphatic carbocycles. The number of nitrogens with one attached hydrogen (secondary N) is 1. The van der Waals surface area contributed by atoms with Gasteiger partial charge in [-0.1, -0.05) is 0 Å². The van der Waals surface area contributed by atoms with Gasteiger partial charge >= 0.3 is 6.03 Å². The van der Waals surface area contributed by atoms with Gasteiger partial charge in [-0.2, -0.15) is 0 Å². The predicted molar refractivity (Wildman–Crippen MR) is 57.0 cm³/mol. The molecule has 96 valence electrons. The molecule has 0 rings (SSSR count). The third kappa shape index (κ3) is 7.41. The Morgan fingerprint density at radius 2 is 1.88 bits per heavy atom. The Morgan fingerprint density at radius 1 is 1.25 bits per heavy atom. The largest absolute Gasteiger partial charge is 0.395 e. The highest BCUT2D eigenvalue weighted by atomic mass is 16.5. The van der Waals surface area contributed by atoms with Crippen molar-refractivity contribution in [1.29, 1.82) is 0 Å². The molecule has 0 unspecified atom stereocenters. The molecule has 0 saturated carbocycles. The number of urea groups is 1. The zero-order valence-corrected chi connectivity index (χ0v) is 9.52. The van der Waals surface area contributed by atoms with Gasteiger partial charge in [-0.15, -0.1) is 0 Å². The Hall–Kier alpha value is -0.890. The smallest absolute Gasteiger partial charge is 0.319 e. The minimum Gasteiger partial charge on any atom is -0.395 e. The molecule has 0 spiro atoms. The highest BCUT2D eigenvalue weighted by molar-refractivity contribution is 5.73. The van der Waals surface area contributed by atoms with Gasteiger partial charge in [-0.25, -0.2) is 4.79 Å². The summed E-state index contributed by atoms with van der Waals surface area (Å²) in [6.07, 6.45) is 0. The fraction of sp³-hybridized carbons (Fsp3) is 0.889. The van der Waals surface area contributed by atoms with Crippen LogP contribution in [0.25, 0.3) is 0 Å². The van der Waals surface area contributed by atoms with Crippen LogP contribution in [0.2, 0.25) is 0 Å². The molecule has 0 radical (unpaired) electrons. The molecule has 0 aromatic rings. The van der Waals surface area contributed by atoms with Gasteiger partial charge in [0.25, 0.3) is 0 Å². The lowest BCUT2D eigenvalue weighted by Crippen LogP contribution is -2.43. The van der Waals surface area contributed by atoms with E-state index in [0.717, 1.165) is 0 Å². The molecule has 7 nitrogen and oxygen atoms in total. The van der Waals surface area contributed by atoms with Crippen LogP contribution in [0, 0.1) is 0 Å². The third-order valence-electron chi connectivity index (χ3n) is 1.78. The van der Waals surface area contributed by atoms with Crippen molar-refractivity contribution in [2.24, 2.45) is 0 Å². The molecular weight excluding hydrogens is 216 g/mol. The van der Waals surface area contributed by atoms with Gasteiger partial charge in [-0.3, -0.25) is 0 Å². The van der Waals surface area contributed by atoms with Crippen LogP contribution < -0.4 is 5.32 Å². The second kappa shape index (κ2) is 10.6. The SMILES string of the molecule is COCCOCNC(=O)N(CCO)CCO. The van der Waals surface area contributed by atoms with Gasteiger partial charge in [0.05, 0.1) is 26.4 Å². The van der Waals surface area contributed by atoms with Gasteiger partial charge in [0.15, 0.2) is 0 Å². The fourth-order valence-corrected chi connectivity index (χ4v) is 0.995. The van der Waals surface area contributed by atoms with E-state index in [1.807, 2.05) is 0 Å². The third-order valence-corrected chi connectivity index (χ3v) is 1.78. The van der Waals surface area contributed by atoms with Crippen LogP contribution in [-0.4, -0.2) is 74.5 Å². The van der Waals surface area contributed by atoms with Crippen molar-refractivity contribution in [3.8, 4) is 0 Å². The first kappa shape index (κ1) is 15.1. The van der Waals surface area contributed by atoms with Crippen molar-refractivity contribution in [2.75, 3.05) is 53.4 Å². The molecule has 3 N–H and O–H groups in total. The van der Waals surface area contributed by atoms with Gasteiger partial charge < -0.3 is 29.9 Å². The summed E-state index contributed by atoms with van der Waals surface area (Å²) >= 11 is 0. The summed E-state index contributed by atoms with van der Waals surface area (Å²) in [4.78, 5) is 12.7. The normalized spacial score (nSPS) is 10.2. The number of amides is 2. The van der Waals surface area contributed by atoms with E-state index in [-0.39, 0.29) is 39.1 Å². The zero-order valence-electron chi connectivity index (χ0n) is 9.52. The number of carbonyl (C=O) groups excluding carboxylic acids is 1. The van der Waals surface area contributed by atoms with E-state index in [1.54, 1.807) is 7.11 Å². The summed E-state index contributed by atoms with van der Waals surface area (Å²) in [5, 5.41) is 19.9. The molecule has 0 aliphatic heterocycles. The van der Waals surface area contributed by atoms with Gasteiger partial charge in [-0.05, 0) is 0 Å². The maximum Gasteiger partial charge on any atom is 0.319 e. The fourth-order valence-electron chi connectivity index (χ4n) is 0.995. The molecule has 16 heavy (non-hydrogen) atoms. The van der Waals surface area contributed by atoms with E-state index in [2.05, 4.69) is 5.32 Å². The summed E-state index contributed by atoms with van der Waals surface area (Å²) < 4.78 is 9.80. The first-order chi connectivity index (χ1) is 7.76. The Balaban J connectivity index is 3.65. The molecule has 0 aliphatic rings. The average Bonchev–Trinajstić information content (AvgIpc) is 2.28. The standard InChI is InChI=1S/C9H20N2O5/c1-15-6-7-16-8-10-9(14)11(2-4-12)3-5-13/h12-13H,2-8H2,1H3,(H,10,14). The molecule has 0 heterocycles. The van der Waals surface area contributed by atoms with Crippen molar-refractivity contribution in [2.45, 2.75) is 0 Å². The number of carbonyl (C=O) groups is 1. The van der Waals surface area contributed by atoms with Crippen molar-refractivity contribution >= 4 is 6.03 Å². The van der Waals surface area contributed by atoms with Crippen LogP contribution in [0.5, 0.6) is 0 Å². The van der Waals surface area contributed by atoms with Gasteiger partial charge in [0, 0.05) is 20.2 Å². The summed E-state index contributed by atoms with van der Waals surface area (Å²) in [7, 11) is 1.56. The quantitative estimate of drug-likeness (QED) is 0.338. The molecule has 2 amide bonds. The lowest BCUT2D eigenvalue weighted by molar-refractivity contribution is 0.0605. The lowest BCUT2D eigenvalue weighted by atomic mass is 10.5. The van der Waals surface area contributed by atoms with Crippen LogP contribution in [-0.2, 0) is 9.47 Å². The molecule has 0 saturated heterocycles. The van der Waals surface area contributed by atoms with E-state index in [1.165, 1.54) is 4.90 Å². The Kier molecular flexibility index (Phi) is 10.0. The Bertz CT molecular complexity index is 173. The maximum absolute atomic E-state index is 11.4. The van der Waals surface area contributed by atoms with Gasteiger partial charge in [0.2, 0.25) is 0 Å². The lowest BCUT2D eigenvalue weighted by Gasteiger charge is -2.20. The second-order valence-corrected chi connectivity index (χ2v) is 2.96. The molecule has 7 heteroatoms. The number of hydrogen-bond acceptors (Lipinski definition) is 5. The first-order valence-electron chi connectivity index (χ1n) is 5.07. The summed E-state index contributed by atoms with van der Waals surface area (Å²) in [6, 6.07) is -0.375. The van der Waals surface area contributed by atoms with E-state index >= 15 is 0 Å². The van der Waals surface area contributed by atoms with Crippen molar-refractivity contribution in [3.63, 3.8) is 0 Å². The summed E-state index contributed by atoms with van der Waals surface area (Å²) in [5.74, 6) is 0. The van der Waals surface area contributed by atoms with E-state index in [9.17, 15) is 4.79 Å².